The average Bonchev–Trinajstić information content (AvgIpc) is 3.03. The van der Waals surface area contributed by atoms with Crippen molar-refractivity contribution in [3.8, 4) is 11.5 Å². The van der Waals surface area contributed by atoms with E-state index in [0.717, 1.165) is 40.1 Å². The third-order valence-corrected chi connectivity index (χ3v) is 8.50. The first-order valence-corrected chi connectivity index (χ1v) is 17.0. The van der Waals surface area contributed by atoms with E-state index < -0.39 is 28.5 Å². The molecular formula is C36H41N3O5S. The van der Waals surface area contributed by atoms with Crippen LogP contribution in [0.15, 0.2) is 109 Å². The standard InChI is InChI=1S/C36H41N3O5S/c1-4-5-24-37-36(41)34(25-29-12-8-6-9-13-29)38(26-30-18-16-28(2)17-19-30)35(40)27-39(45(3,42)43)31-20-22-33(23-21-31)44-32-14-10-7-11-15-32/h6-23,34H,4-5,24-27H2,1-3H3,(H,37,41)/t34-/m1/s1. The van der Waals surface area contributed by atoms with Crippen LogP contribution in [0.2, 0.25) is 0 Å². The summed E-state index contributed by atoms with van der Waals surface area (Å²) in [6, 6.07) is 32.2. The summed E-state index contributed by atoms with van der Waals surface area (Å²) in [5.74, 6) is 0.407. The molecule has 0 aliphatic carbocycles. The number of sulfonamides is 1. The fourth-order valence-corrected chi connectivity index (χ4v) is 5.72. The zero-order valence-corrected chi connectivity index (χ0v) is 26.9. The van der Waals surface area contributed by atoms with E-state index in [0.29, 0.717) is 23.7 Å². The topological polar surface area (TPSA) is 96.0 Å². The average molecular weight is 628 g/mol. The molecule has 0 saturated heterocycles. The number of benzene rings is 4. The molecule has 0 saturated carbocycles. The maximum absolute atomic E-state index is 14.2. The molecule has 9 heteroatoms. The number of carbonyl (C=O) groups excluding carboxylic acids is 2. The van der Waals surface area contributed by atoms with Crippen LogP contribution in [0, 0.1) is 6.92 Å². The van der Waals surface area contributed by atoms with Crippen molar-refractivity contribution in [3.63, 3.8) is 0 Å². The largest absolute Gasteiger partial charge is 0.457 e. The number of carbonyl (C=O) groups is 2. The Morgan fingerprint density at radius 2 is 1.40 bits per heavy atom. The second kappa shape index (κ2) is 15.9. The predicted molar refractivity (Wildman–Crippen MR) is 179 cm³/mol. The highest BCUT2D eigenvalue weighted by atomic mass is 32.2. The Hall–Kier alpha value is -4.63. The van der Waals surface area contributed by atoms with Crippen molar-refractivity contribution < 1.29 is 22.7 Å². The smallest absolute Gasteiger partial charge is 0.244 e. The third kappa shape index (κ3) is 9.94. The molecule has 45 heavy (non-hydrogen) atoms. The van der Waals surface area contributed by atoms with Crippen LogP contribution in [0.4, 0.5) is 5.69 Å². The highest BCUT2D eigenvalue weighted by Gasteiger charge is 2.33. The van der Waals surface area contributed by atoms with Gasteiger partial charge in [0.05, 0.1) is 11.9 Å². The number of nitrogens with one attached hydrogen (secondary N) is 1. The second-order valence-electron chi connectivity index (χ2n) is 11.0. The van der Waals surface area contributed by atoms with E-state index in [-0.39, 0.29) is 18.9 Å². The Balaban J connectivity index is 1.66. The van der Waals surface area contributed by atoms with Crippen LogP contribution in [0.25, 0.3) is 0 Å². The van der Waals surface area contributed by atoms with Crippen LogP contribution >= 0.6 is 0 Å². The Morgan fingerprint density at radius 1 is 0.800 bits per heavy atom. The van der Waals surface area contributed by atoms with Crippen LogP contribution in [0.1, 0.15) is 36.5 Å². The number of aryl methyl sites for hydroxylation is 1. The normalized spacial score (nSPS) is 11.8. The van der Waals surface area contributed by atoms with E-state index >= 15 is 0 Å². The van der Waals surface area contributed by atoms with Crippen molar-refractivity contribution in [3.05, 3.63) is 126 Å². The lowest BCUT2D eigenvalue weighted by molar-refractivity contribution is -0.140. The van der Waals surface area contributed by atoms with Gasteiger partial charge in [0.2, 0.25) is 21.8 Å². The maximum atomic E-state index is 14.2. The quantitative estimate of drug-likeness (QED) is 0.161. The van der Waals surface area contributed by atoms with Gasteiger partial charge in [-0.2, -0.15) is 0 Å². The number of hydrogen-bond donors (Lipinski definition) is 1. The molecule has 0 aliphatic heterocycles. The first-order chi connectivity index (χ1) is 21.6. The lowest BCUT2D eigenvalue weighted by Crippen LogP contribution is -2.53. The van der Waals surface area contributed by atoms with Gasteiger partial charge in [-0.3, -0.25) is 13.9 Å². The fourth-order valence-electron chi connectivity index (χ4n) is 4.87. The molecule has 0 radical (unpaired) electrons. The number of anilines is 1. The highest BCUT2D eigenvalue weighted by Crippen LogP contribution is 2.26. The molecule has 236 valence electrons. The number of para-hydroxylation sites is 1. The number of amides is 2. The summed E-state index contributed by atoms with van der Waals surface area (Å²) in [6.07, 6.45) is 3.06. The summed E-state index contributed by atoms with van der Waals surface area (Å²) in [6.45, 7) is 4.17. The van der Waals surface area contributed by atoms with Crippen molar-refractivity contribution in [2.24, 2.45) is 0 Å². The van der Waals surface area contributed by atoms with Crippen LogP contribution in [-0.4, -0.2) is 50.5 Å². The molecule has 4 aromatic carbocycles. The van der Waals surface area contributed by atoms with E-state index in [1.54, 1.807) is 24.3 Å². The van der Waals surface area contributed by atoms with E-state index in [1.165, 1.54) is 4.90 Å². The van der Waals surface area contributed by atoms with E-state index in [9.17, 15) is 18.0 Å². The van der Waals surface area contributed by atoms with Gasteiger partial charge in [0.1, 0.15) is 24.1 Å². The fraction of sp³-hybridized carbons (Fsp3) is 0.278. The molecule has 0 spiro atoms. The minimum Gasteiger partial charge on any atom is -0.457 e. The van der Waals surface area contributed by atoms with Crippen LogP contribution in [0.3, 0.4) is 0 Å². The molecule has 0 heterocycles. The molecule has 0 bridgehead atoms. The van der Waals surface area contributed by atoms with Gasteiger partial charge in [0, 0.05) is 19.5 Å². The molecule has 1 N–H and O–H groups in total. The molecule has 1 atom stereocenters. The van der Waals surface area contributed by atoms with Gasteiger partial charge < -0.3 is 15.0 Å². The summed E-state index contributed by atoms with van der Waals surface area (Å²) >= 11 is 0. The highest BCUT2D eigenvalue weighted by molar-refractivity contribution is 7.92. The predicted octanol–water partition coefficient (Wildman–Crippen LogP) is 6.11. The zero-order chi connectivity index (χ0) is 32.2. The Morgan fingerprint density at radius 3 is 2.00 bits per heavy atom. The molecule has 0 aliphatic rings. The van der Waals surface area contributed by atoms with E-state index in [1.807, 2.05) is 98.8 Å². The van der Waals surface area contributed by atoms with Gasteiger partial charge in [-0.15, -0.1) is 0 Å². The SMILES string of the molecule is CCCCNC(=O)[C@@H](Cc1ccccc1)N(Cc1ccc(C)cc1)C(=O)CN(c1ccc(Oc2ccccc2)cc1)S(C)(=O)=O. The van der Waals surface area contributed by atoms with Crippen molar-refractivity contribution >= 4 is 27.5 Å². The summed E-state index contributed by atoms with van der Waals surface area (Å²) < 4.78 is 33.1. The lowest BCUT2D eigenvalue weighted by Gasteiger charge is -2.33. The van der Waals surface area contributed by atoms with Crippen LogP contribution in [-0.2, 0) is 32.6 Å². The van der Waals surface area contributed by atoms with Gasteiger partial charge in [0.25, 0.3) is 0 Å². The third-order valence-electron chi connectivity index (χ3n) is 7.36. The van der Waals surface area contributed by atoms with Crippen molar-refractivity contribution in [2.75, 3.05) is 23.7 Å². The van der Waals surface area contributed by atoms with Gasteiger partial charge in [-0.1, -0.05) is 91.7 Å². The Labute approximate surface area is 266 Å². The minimum atomic E-state index is -3.87. The Kier molecular flexibility index (Phi) is 11.8. The van der Waals surface area contributed by atoms with E-state index in [2.05, 4.69) is 5.32 Å². The first-order valence-electron chi connectivity index (χ1n) is 15.1. The second-order valence-corrected chi connectivity index (χ2v) is 12.9. The van der Waals surface area contributed by atoms with Crippen LogP contribution < -0.4 is 14.4 Å². The van der Waals surface area contributed by atoms with Gasteiger partial charge in [-0.05, 0) is 60.9 Å². The number of unbranched alkanes of at least 4 members (excludes halogenated alkanes) is 1. The number of hydrogen-bond acceptors (Lipinski definition) is 5. The van der Waals surface area contributed by atoms with E-state index in [4.69, 9.17) is 4.74 Å². The van der Waals surface area contributed by atoms with Gasteiger partial charge >= 0.3 is 0 Å². The molecule has 0 fully saturated rings. The summed E-state index contributed by atoms with van der Waals surface area (Å²) in [5, 5.41) is 3.00. The van der Waals surface area contributed by atoms with Gasteiger partial charge in [-0.25, -0.2) is 8.42 Å². The number of rotatable bonds is 15. The summed E-state index contributed by atoms with van der Waals surface area (Å²) in [5.41, 5.74) is 3.11. The molecule has 0 unspecified atom stereocenters. The van der Waals surface area contributed by atoms with Crippen molar-refractivity contribution in [1.82, 2.24) is 10.2 Å². The van der Waals surface area contributed by atoms with Crippen LogP contribution in [0.5, 0.6) is 11.5 Å². The molecule has 4 aromatic rings. The summed E-state index contributed by atoms with van der Waals surface area (Å²) in [7, 11) is -3.87. The summed E-state index contributed by atoms with van der Waals surface area (Å²) in [4.78, 5) is 29.4. The lowest BCUT2D eigenvalue weighted by atomic mass is 10.0. The van der Waals surface area contributed by atoms with Crippen molar-refractivity contribution in [2.45, 2.75) is 45.7 Å². The Bertz CT molecular complexity index is 1630. The monoisotopic (exact) mass is 627 g/mol. The molecule has 4 rings (SSSR count). The molecule has 8 nitrogen and oxygen atoms in total. The molecular weight excluding hydrogens is 586 g/mol. The number of nitrogens with zero attached hydrogens (tertiary/aromatic N) is 2. The van der Waals surface area contributed by atoms with Crippen molar-refractivity contribution in [1.29, 1.82) is 0 Å². The first kappa shape index (κ1) is 33.3. The maximum Gasteiger partial charge on any atom is 0.244 e. The molecule has 0 aromatic heterocycles. The van der Waals surface area contributed by atoms with Gasteiger partial charge in [0.15, 0.2) is 0 Å². The minimum absolute atomic E-state index is 0.138. The molecule has 2 amide bonds. The number of ether oxygens (including phenoxy) is 1. The zero-order valence-electron chi connectivity index (χ0n) is 26.1.